The number of hydrogen-bond donors (Lipinski definition) is 2. The quantitative estimate of drug-likeness (QED) is 0.580. The summed E-state index contributed by atoms with van der Waals surface area (Å²) in [5, 5.41) is 12.7. The van der Waals surface area contributed by atoms with Gasteiger partial charge in [-0.1, -0.05) is 23.2 Å². The Balaban J connectivity index is 2.96. The molecular formula is C8H8Cl2N2O2. The van der Waals surface area contributed by atoms with Crippen LogP contribution in [0.5, 0.6) is 0 Å². The molecule has 0 saturated heterocycles. The molecule has 0 aliphatic heterocycles. The lowest BCUT2D eigenvalue weighted by Crippen LogP contribution is -2.35. The third-order valence-corrected chi connectivity index (χ3v) is 2.29. The number of hydroxylamine groups is 1. The van der Waals surface area contributed by atoms with Crippen LogP contribution >= 0.6 is 23.2 Å². The summed E-state index contributed by atoms with van der Waals surface area (Å²) in [5.41, 5.74) is 0.249. The average molecular weight is 235 g/mol. The highest BCUT2D eigenvalue weighted by atomic mass is 35.5. The highest BCUT2D eigenvalue weighted by Gasteiger charge is 2.11. The van der Waals surface area contributed by atoms with Crippen LogP contribution in [0.15, 0.2) is 18.2 Å². The lowest BCUT2D eigenvalue weighted by Gasteiger charge is -2.14. The van der Waals surface area contributed by atoms with E-state index >= 15 is 0 Å². The minimum absolute atomic E-state index is 0.249. The molecule has 4 nitrogen and oxygen atoms in total. The number of rotatable bonds is 1. The molecule has 1 rings (SSSR count). The van der Waals surface area contributed by atoms with Gasteiger partial charge in [0.1, 0.15) is 0 Å². The van der Waals surface area contributed by atoms with E-state index in [0.29, 0.717) is 10.1 Å². The lowest BCUT2D eigenvalue weighted by molar-refractivity contribution is 0.206. The first-order valence-electron chi connectivity index (χ1n) is 3.72. The van der Waals surface area contributed by atoms with Crippen molar-refractivity contribution in [1.29, 1.82) is 0 Å². The van der Waals surface area contributed by atoms with Crippen LogP contribution < -0.4 is 10.4 Å². The van der Waals surface area contributed by atoms with E-state index in [-0.39, 0.29) is 10.7 Å². The van der Waals surface area contributed by atoms with Crippen LogP contribution in [0.3, 0.4) is 0 Å². The first-order chi connectivity index (χ1) is 6.56. The topological polar surface area (TPSA) is 52.6 Å². The van der Waals surface area contributed by atoms with Crippen molar-refractivity contribution in [2.75, 3.05) is 12.1 Å². The number of benzene rings is 1. The number of anilines is 1. The number of carbonyl (C=O) groups is 1. The number of halogens is 2. The molecule has 0 aliphatic carbocycles. The zero-order valence-corrected chi connectivity index (χ0v) is 8.80. The van der Waals surface area contributed by atoms with Gasteiger partial charge >= 0.3 is 6.03 Å². The van der Waals surface area contributed by atoms with Crippen LogP contribution in [0, 0.1) is 0 Å². The van der Waals surface area contributed by atoms with Crippen molar-refractivity contribution in [3.63, 3.8) is 0 Å². The summed E-state index contributed by atoms with van der Waals surface area (Å²) < 4.78 is 0. The van der Waals surface area contributed by atoms with Crippen LogP contribution in [-0.2, 0) is 0 Å². The third kappa shape index (κ3) is 2.29. The standard InChI is InChI=1S/C8H8Cl2N2O2/c1-11-8(13)12(14)5-2-3-6(9)7(10)4-5/h2-4,14H,1H3,(H,11,13). The van der Waals surface area contributed by atoms with Crippen molar-refractivity contribution < 1.29 is 10.0 Å². The van der Waals surface area contributed by atoms with Gasteiger partial charge in [-0.2, -0.15) is 5.06 Å². The Kier molecular flexibility index (Phi) is 3.57. The summed E-state index contributed by atoms with van der Waals surface area (Å²) in [4.78, 5) is 11.0. The third-order valence-electron chi connectivity index (χ3n) is 1.55. The summed E-state index contributed by atoms with van der Waals surface area (Å²) in [6.07, 6.45) is 0. The van der Waals surface area contributed by atoms with Crippen LogP contribution in [-0.4, -0.2) is 18.3 Å². The molecule has 0 bridgehead atoms. The monoisotopic (exact) mass is 234 g/mol. The second-order valence-corrected chi connectivity index (χ2v) is 3.28. The average Bonchev–Trinajstić information content (AvgIpc) is 2.20. The van der Waals surface area contributed by atoms with Crippen LogP contribution in [0.25, 0.3) is 0 Å². The van der Waals surface area contributed by atoms with Crippen molar-refractivity contribution in [2.24, 2.45) is 0 Å². The maximum atomic E-state index is 11.0. The zero-order chi connectivity index (χ0) is 10.7. The summed E-state index contributed by atoms with van der Waals surface area (Å²) in [7, 11) is 1.41. The van der Waals surface area contributed by atoms with Gasteiger partial charge in [-0.05, 0) is 18.2 Å². The maximum absolute atomic E-state index is 11.0. The number of nitrogens with zero attached hydrogens (tertiary/aromatic N) is 1. The number of hydrogen-bond acceptors (Lipinski definition) is 2. The Morgan fingerprint density at radius 2 is 2.07 bits per heavy atom. The molecule has 0 aromatic heterocycles. The Morgan fingerprint density at radius 3 is 2.57 bits per heavy atom. The fourth-order valence-corrected chi connectivity index (χ4v) is 1.13. The number of nitrogens with one attached hydrogen (secondary N) is 1. The van der Waals surface area contributed by atoms with Crippen LogP contribution in [0.4, 0.5) is 10.5 Å². The molecule has 76 valence electrons. The predicted molar refractivity (Wildman–Crippen MR) is 55.2 cm³/mol. The molecule has 0 heterocycles. The number of urea groups is 1. The van der Waals surface area contributed by atoms with Crippen molar-refractivity contribution in [3.8, 4) is 0 Å². The van der Waals surface area contributed by atoms with E-state index in [2.05, 4.69) is 5.32 Å². The maximum Gasteiger partial charge on any atom is 0.345 e. The molecule has 0 saturated carbocycles. The van der Waals surface area contributed by atoms with Crippen molar-refractivity contribution in [3.05, 3.63) is 28.2 Å². The fraction of sp³-hybridized carbons (Fsp3) is 0.125. The van der Waals surface area contributed by atoms with Gasteiger partial charge in [0, 0.05) is 7.05 Å². The normalized spacial score (nSPS) is 9.71. The molecule has 1 aromatic rings. The summed E-state index contributed by atoms with van der Waals surface area (Å²) in [6.45, 7) is 0. The molecule has 0 spiro atoms. The second kappa shape index (κ2) is 4.50. The van der Waals surface area contributed by atoms with Crippen molar-refractivity contribution in [1.82, 2.24) is 5.32 Å². The molecule has 2 N–H and O–H groups in total. The lowest BCUT2D eigenvalue weighted by atomic mass is 10.3. The Morgan fingerprint density at radius 1 is 1.43 bits per heavy atom. The predicted octanol–water partition coefficient (Wildman–Crippen LogP) is 2.53. The molecular weight excluding hydrogens is 227 g/mol. The van der Waals surface area contributed by atoms with E-state index in [0.717, 1.165) is 0 Å². The number of carbonyl (C=O) groups excluding carboxylic acids is 1. The van der Waals surface area contributed by atoms with Crippen LogP contribution in [0.1, 0.15) is 0 Å². The highest BCUT2D eigenvalue weighted by Crippen LogP contribution is 2.26. The molecule has 0 unspecified atom stereocenters. The Labute approximate surface area is 91.0 Å². The fourth-order valence-electron chi connectivity index (χ4n) is 0.840. The van der Waals surface area contributed by atoms with E-state index in [1.807, 2.05) is 0 Å². The molecule has 1 aromatic carbocycles. The smallest absolute Gasteiger partial charge is 0.339 e. The van der Waals surface area contributed by atoms with Gasteiger partial charge < -0.3 is 5.32 Å². The van der Waals surface area contributed by atoms with E-state index in [4.69, 9.17) is 23.2 Å². The molecule has 2 amide bonds. The number of amides is 2. The van der Waals surface area contributed by atoms with E-state index in [1.165, 1.54) is 25.2 Å². The van der Waals surface area contributed by atoms with Crippen molar-refractivity contribution in [2.45, 2.75) is 0 Å². The van der Waals surface area contributed by atoms with Crippen molar-refractivity contribution >= 4 is 34.9 Å². The Bertz CT molecular complexity index is 357. The largest absolute Gasteiger partial charge is 0.345 e. The molecule has 0 radical (unpaired) electrons. The van der Waals surface area contributed by atoms with Gasteiger partial charge in [0.25, 0.3) is 0 Å². The van der Waals surface area contributed by atoms with Gasteiger partial charge in [0.15, 0.2) is 0 Å². The van der Waals surface area contributed by atoms with Gasteiger partial charge in [-0.3, -0.25) is 5.21 Å². The van der Waals surface area contributed by atoms with E-state index in [1.54, 1.807) is 0 Å². The summed E-state index contributed by atoms with van der Waals surface area (Å²) in [6, 6.07) is 3.71. The molecule has 14 heavy (non-hydrogen) atoms. The molecule has 0 fully saturated rings. The van der Waals surface area contributed by atoms with Gasteiger partial charge in [0.05, 0.1) is 15.7 Å². The van der Waals surface area contributed by atoms with E-state index in [9.17, 15) is 10.0 Å². The second-order valence-electron chi connectivity index (χ2n) is 2.47. The highest BCUT2D eigenvalue weighted by molar-refractivity contribution is 6.42. The first kappa shape index (κ1) is 11.1. The van der Waals surface area contributed by atoms with Crippen LogP contribution in [0.2, 0.25) is 10.0 Å². The zero-order valence-electron chi connectivity index (χ0n) is 7.29. The summed E-state index contributed by atoms with van der Waals surface area (Å²) in [5.74, 6) is 0. The minimum atomic E-state index is -0.650. The van der Waals surface area contributed by atoms with Gasteiger partial charge in [-0.25, -0.2) is 4.79 Å². The molecule has 0 aliphatic rings. The van der Waals surface area contributed by atoms with Gasteiger partial charge in [-0.15, -0.1) is 0 Å². The van der Waals surface area contributed by atoms with Gasteiger partial charge in [0.2, 0.25) is 0 Å². The molecule has 6 heteroatoms. The molecule has 0 atom stereocenters. The Hall–Kier alpha value is -0.970. The minimum Gasteiger partial charge on any atom is -0.339 e. The first-order valence-corrected chi connectivity index (χ1v) is 4.47. The van der Waals surface area contributed by atoms with E-state index < -0.39 is 6.03 Å². The summed E-state index contributed by atoms with van der Waals surface area (Å²) >= 11 is 11.4. The SMILES string of the molecule is CNC(=O)N(O)c1ccc(Cl)c(Cl)c1.